The van der Waals surface area contributed by atoms with Gasteiger partial charge in [0.2, 0.25) is 0 Å². The first-order chi connectivity index (χ1) is 8.63. The van der Waals surface area contributed by atoms with Crippen LogP contribution >= 0.6 is 0 Å². The van der Waals surface area contributed by atoms with Crippen molar-refractivity contribution in [3.63, 3.8) is 0 Å². The smallest absolute Gasteiger partial charge is 0.257 e. The molecule has 1 aromatic rings. The molecule has 1 aliphatic heterocycles. The third kappa shape index (κ3) is 2.51. The Morgan fingerprint density at radius 3 is 2.89 bits per heavy atom. The molecule has 1 fully saturated rings. The lowest BCUT2D eigenvalue weighted by atomic mass is 10.0. The number of rotatable bonds is 2. The van der Waals surface area contributed by atoms with Crippen LogP contribution in [0.2, 0.25) is 0 Å². The average Bonchev–Trinajstić information content (AvgIpc) is 2.40. The Kier molecular flexibility index (Phi) is 3.91. The molecule has 0 bridgehead atoms. The summed E-state index contributed by atoms with van der Waals surface area (Å²) in [7, 11) is 0. The maximum Gasteiger partial charge on any atom is 0.257 e. The summed E-state index contributed by atoms with van der Waals surface area (Å²) in [6.45, 7) is 0.322. The number of piperidine rings is 1. The van der Waals surface area contributed by atoms with Gasteiger partial charge in [0.25, 0.3) is 5.91 Å². The molecule has 1 aliphatic rings. The number of hydrogen-bond donors (Lipinski definition) is 1. The highest BCUT2D eigenvalue weighted by Gasteiger charge is 2.28. The molecule has 0 spiro atoms. The van der Waals surface area contributed by atoms with Gasteiger partial charge >= 0.3 is 0 Å². The predicted molar refractivity (Wildman–Crippen MR) is 62.1 cm³/mol. The van der Waals surface area contributed by atoms with E-state index in [1.165, 1.54) is 4.90 Å². The van der Waals surface area contributed by atoms with Crippen molar-refractivity contribution in [3.8, 4) is 0 Å². The number of carbonyl (C=O) groups is 1. The highest BCUT2D eigenvalue weighted by molar-refractivity contribution is 5.94. The van der Waals surface area contributed by atoms with E-state index >= 15 is 0 Å². The van der Waals surface area contributed by atoms with Crippen LogP contribution in [0.1, 0.15) is 29.6 Å². The van der Waals surface area contributed by atoms with Gasteiger partial charge in [-0.1, -0.05) is 0 Å². The van der Waals surface area contributed by atoms with E-state index in [0.717, 1.165) is 31.0 Å². The molecule has 1 saturated heterocycles. The minimum atomic E-state index is -0.733. The van der Waals surface area contributed by atoms with Crippen LogP contribution < -0.4 is 0 Å². The Hall–Kier alpha value is -1.49. The predicted octanol–water partition coefficient (Wildman–Crippen LogP) is 1.95. The second-order valence-electron chi connectivity index (χ2n) is 4.45. The molecule has 18 heavy (non-hydrogen) atoms. The van der Waals surface area contributed by atoms with E-state index in [1.54, 1.807) is 0 Å². The van der Waals surface area contributed by atoms with Gasteiger partial charge in [-0.3, -0.25) is 4.79 Å². The van der Waals surface area contributed by atoms with Gasteiger partial charge in [0.15, 0.2) is 0 Å². The quantitative estimate of drug-likeness (QED) is 0.877. The van der Waals surface area contributed by atoms with Gasteiger partial charge < -0.3 is 10.0 Å². The van der Waals surface area contributed by atoms with E-state index in [0.29, 0.717) is 13.0 Å². The lowest BCUT2D eigenvalue weighted by molar-refractivity contribution is 0.0498. The molecule has 1 N–H and O–H groups in total. The van der Waals surface area contributed by atoms with Crippen LogP contribution in [0.4, 0.5) is 8.78 Å². The second kappa shape index (κ2) is 5.44. The fraction of sp³-hybridized carbons (Fsp3) is 0.462. The summed E-state index contributed by atoms with van der Waals surface area (Å²) in [6, 6.07) is 2.53. The summed E-state index contributed by atoms with van der Waals surface area (Å²) in [4.78, 5) is 13.6. The third-order valence-electron chi connectivity index (χ3n) is 3.26. The molecule has 1 amide bonds. The van der Waals surface area contributed by atoms with E-state index in [-0.39, 0.29) is 18.2 Å². The van der Waals surface area contributed by atoms with Crippen LogP contribution in [0, 0.1) is 11.6 Å². The summed E-state index contributed by atoms with van der Waals surface area (Å²) in [5.41, 5.74) is -0.268. The molecular formula is C13H15F2NO2. The molecule has 0 radical (unpaired) electrons. The minimum Gasteiger partial charge on any atom is -0.394 e. The first-order valence-corrected chi connectivity index (χ1v) is 6.00. The third-order valence-corrected chi connectivity index (χ3v) is 3.26. The lowest BCUT2D eigenvalue weighted by Gasteiger charge is -2.34. The Bertz CT molecular complexity index is 451. The van der Waals surface area contributed by atoms with Crippen molar-refractivity contribution in [2.45, 2.75) is 25.3 Å². The van der Waals surface area contributed by atoms with Crippen molar-refractivity contribution < 1.29 is 18.7 Å². The molecule has 5 heteroatoms. The molecule has 2 rings (SSSR count). The zero-order valence-corrected chi connectivity index (χ0v) is 9.90. The first-order valence-electron chi connectivity index (χ1n) is 6.00. The highest BCUT2D eigenvalue weighted by Crippen LogP contribution is 2.21. The summed E-state index contributed by atoms with van der Waals surface area (Å²) in [5.74, 6) is -1.92. The molecule has 98 valence electrons. The Labute approximate surface area is 104 Å². The zero-order chi connectivity index (χ0) is 13.1. The van der Waals surface area contributed by atoms with Gasteiger partial charge in [-0.05, 0) is 37.5 Å². The fourth-order valence-corrected chi connectivity index (χ4v) is 2.27. The van der Waals surface area contributed by atoms with E-state index in [9.17, 15) is 18.7 Å². The molecule has 1 atom stereocenters. The SMILES string of the molecule is O=C(c1cc(F)ccc1F)N1CCCCC1CO. The highest BCUT2D eigenvalue weighted by atomic mass is 19.1. The number of hydrogen-bond acceptors (Lipinski definition) is 2. The van der Waals surface area contributed by atoms with E-state index < -0.39 is 17.5 Å². The molecular weight excluding hydrogens is 240 g/mol. The van der Waals surface area contributed by atoms with Crippen molar-refractivity contribution >= 4 is 5.91 Å². The van der Waals surface area contributed by atoms with E-state index in [2.05, 4.69) is 0 Å². The number of aliphatic hydroxyl groups excluding tert-OH is 1. The van der Waals surface area contributed by atoms with Gasteiger partial charge in [-0.15, -0.1) is 0 Å². The number of nitrogens with zero attached hydrogens (tertiary/aromatic N) is 1. The van der Waals surface area contributed by atoms with Crippen molar-refractivity contribution in [2.24, 2.45) is 0 Å². The molecule has 3 nitrogen and oxygen atoms in total. The van der Waals surface area contributed by atoms with Gasteiger partial charge in [0.1, 0.15) is 11.6 Å². The van der Waals surface area contributed by atoms with E-state index in [1.807, 2.05) is 0 Å². The summed E-state index contributed by atoms with van der Waals surface area (Å²) < 4.78 is 26.6. The Morgan fingerprint density at radius 1 is 1.39 bits per heavy atom. The lowest BCUT2D eigenvalue weighted by Crippen LogP contribution is -2.45. The normalized spacial score (nSPS) is 19.9. The van der Waals surface area contributed by atoms with Crippen LogP contribution in [0.5, 0.6) is 0 Å². The van der Waals surface area contributed by atoms with Crippen LogP contribution in [-0.2, 0) is 0 Å². The van der Waals surface area contributed by atoms with Crippen molar-refractivity contribution in [2.75, 3.05) is 13.2 Å². The zero-order valence-electron chi connectivity index (χ0n) is 9.90. The topological polar surface area (TPSA) is 40.5 Å². The summed E-state index contributed by atoms with van der Waals surface area (Å²) in [5, 5.41) is 9.22. The average molecular weight is 255 g/mol. The number of halogens is 2. The van der Waals surface area contributed by atoms with Gasteiger partial charge in [0.05, 0.1) is 18.2 Å². The molecule has 1 heterocycles. The van der Waals surface area contributed by atoms with Crippen molar-refractivity contribution in [1.82, 2.24) is 4.90 Å². The summed E-state index contributed by atoms with van der Waals surface area (Å²) >= 11 is 0. The maximum atomic E-state index is 13.5. The van der Waals surface area contributed by atoms with Crippen molar-refractivity contribution in [3.05, 3.63) is 35.4 Å². The first kappa shape index (κ1) is 13.0. The minimum absolute atomic E-state index is 0.150. The molecule has 1 aromatic carbocycles. The number of likely N-dealkylation sites (tertiary alicyclic amines) is 1. The largest absolute Gasteiger partial charge is 0.394 e. The number of benzene rings is 1. The molecule has 0 saturated carbocycles. The monoisotopic (exact) mass is 255 g/mol. The number of aliphatic hydroxyl groups is 1. The maximum absolute atomic E-state index is 13.5. The van der Waals surface area contributed by atoms with Crippen LogP contribution in [0.3, 0.4) is 0 Å². The van der Waals surface area contributed by atoms with Crippen LogP contribution in [0.15, 0.2) is 18.2 Å². The Balaban J connectivity index is 2.26. The fourth-order valence-electron chi connectivity index (χ4n) is 2.27. The van der Waals surface area contributed by atoms with Gasteiger partial charge in [-0.25, -0.2) is 8.78 Å². The standard InChI is InChI=1S/C13H15F2NO2/c14-9-4-5-12(15)11(7-9)13(18)16-6-2-1-3-10(16)8-17/h4-5,7,10,17H,1-3,6,8H2. The molecule has 0 aromatic heterocycles. The Morgan fingerprint density at radius 2 is 2.17 bits per heavy atom. The van der Waals surface area contributed by atoms with Crippen molar-refractivity contribution in [1.29, 1.82) is 0 Å². The second-order valence-corrected chi connectivity index (χ2v) is 4.45. The molecule has 0 aliphatic carbocycles. The van der Waals surface area contributed by atoms with E-state index in [4.69, 9.17) is 0 Å². The van der Waals surface area contributed by atoms with Crippen LogP contribution in [-0.4, -0.2) is 35.1 Å². The number of carbonyl (C=O) groups excluding carboxylic acids is 1. The van der Waals surface area contributed by atoms with Crippen LogP contribution in [0.25, 0.3) is 0 Å². The summed E-state index contributed by atoms with van der Waals surface area (Å²) in [6.07, 6.45) is 2.44. The molecule has 1 unspecified atom stereocenters. The van der Waals surface area contributed by atoms with Gasteiger partial charge in [0, 0.05) is 6.54 Å². The number of amides is 1. The van der Waals surface area contributed by atoms with Gasteiger partial charge in [-0.2, -0.15) is 0 Å².